The van der Waals surface area contributed by atoms with Gasteiger partial charge < -0.3 is 0 Å². The number of hydrogen-bond donors (Lipinski definition) is 1. The molecule has 0 amide bonds. The van der Waals surface area contributed by atoms with Crippen LogP contribution in [0.15, 0.2) is 40.3 Å². The monoisotopic (exact) mass is 449 g/mol. The second kappa shape index (κ2) is 8.22. The van der Waals surface area contributed by atoms with Gasteiger partial charge in [0.2, 0.25) is 10.0 Å². The van der Waals surface area contributed by atoms with Crippen LogP contribution in [0.25, 0.3) is 15.9 Å². The molecule has 0 saturated carbocycles. The van der Waals surface area contributed by atoms with E-state index in [0.717, 1.165) is 40.7 Å². The zero-order valence-electron chi connectivity index (χ0n) is 16.1. The Kier molecular flexibility index (Phi) is 5.83. The summed E-state index contributed by atoms with van der Waals surface area (Å²) in [5.74, 6) is 1.06. The van der Waals surface area contributed by atoms with Crippen molar-refractivity contribution in [1.82, 2.24) is 9.55 Å². The van der Waals surface area contributed by atoms with Crippen LogP contribution < -0.4 is 10.7 Å². The molecule has 6 nitrogen and oxygen atoms in total. The highest BCUT2D eigenvalue weighted by Crippen LogP contribution is 2.37. The Labute approximate surface area is 178 Å². The van der Waals surface area contributed by atoms with E-state index in [9.17, 15) is 13.2 Å². The lowest BCUT2D eigenvalue weighted by Crippen LogP contribution is -2.23. The molecule has 0 radical (unpaired) electrons. The molecule has 1 aliphatic rings. The number of aryl methyl sites for hydroxylation is 1. The molecule has 4 rings (SSSR count). The van der Waals surface area contributed by atoms with Crippen LogP contribution in [0, 0.1) is 5.92 Å². The molecule has 0 fully saturated rings. The number of sulfonamides is 1. The second-order valence-corrected chi connectivity index (χ2v) is 11.4. The topological polar surface area (TPSA) is 95.0 Å². The van der Waals surface area contributed by atoms with E-state index >= 15 is 0 Å². The van der Waals surface area contributed by atoms with E-state index in [0.29, 0.717) is 23.2 Å². The first-order valence-corrected chi connectivity index (χ1v) is 13.1. The first-order valence-electron chi connectivity index (χ1n) is 9.59. The quantitative estimate of drug-likeness (QED) is 0.354. The maximum atomic E-state index is 13.6. The number of fused-ring (bicyclic) bond motifs is 3. The lowest BCUT2D eigenvalue weighted by atomic mass is 9.89. The molecule has 3 aromatic rings. The average molecular weight is 450 g/mol. The number of para-hydroxylation sites is 1. The highest BCUT2D eigenvalue weighted by atomic mass is 32.2. The van der Waals surface area contributed by atoms with Crippen molar-refractivity contribution in [2.24, 2.45) is 11.1 Å². The number of benzene rings is 1. The van der Waals surface area contributed by atoms with Crippen molar-refractivity contribution in [3.8, 4) is 5.69 Å². The van der Waals surface area contributed by atoms with Gasteiger partial charge >= 0.3 is 0 Å². The fourth-order valence-electron chi connectivity index (χ4n) is 3.70. The minimum absolute atomic E-state index is 0.0396. The molecule has 0 aliphatic heterocycles. The van der Waals surface area contributed by atoms with Gasteiger partial charge in [0, 0.05) is 10.6 Å². The van der Waals surface area contributed by atoms with Crippen LogP contribution in [-0.4, -0.2) is 29.5 Å². The highest BCUT2D eigenvalue weighted by Gasteiger charge is 2.25. The third-order valence-corrected chi connectivity index (χ3v) is 8.15. The molecule has 1 aromatic carbocycles. The standard InChI is InChI=1S/C20H23N3O3S3/c1-13-8-9-15-16(12-13)28-18-17(15)19(24)23(14-6-3-2-4-7-14)20(22-18)27-10-5-11-29(21,25)26/h2-4,6-7,13H,5,8-12H2,1H3,(H2,21,25,26). The van der Waals surface area contributed by atoms with Crippen molar-refractivity contribution >= 4 is 43.3 Å². The Morgan fingerprint density at radius 1 is 1.31 bits per heavy atom. The van der Waals surface area contributed by atoms with Gasteiger partial charge in [0.05, 0.1) is 16.8 Å². The first kappa shape index (κ1) is 20.6. The second-order valence-electron chi connectivity index (χ2n) is 7.47. The smallest absolute Gasteiger partial charge is 0.267 e. The largest absolute Gasteiger partial charge is 0.268 e. The number of nitrogens with zero attached hydrogens (tertiary/aromatic N) is 2. The maximum Gasteiger partial charge on any atom is 0.267 e. The number of hydrogen-bond acceptors (Lipinski definition) is 6. The van der Waals surface area contributed by atoms with E-state index in [2.05, 4.69) is 6.92 Å². The van der Waals surface area contributed by atoms with Gasteiger partial charge in [0.1, 0.15) is 4.83 Å². The van der Waals surface area contributed by atoms with Crippen molar-refractivity contribution < 1.29 is 8.42 Å². The van der Waals surface area contributed by atoms with Gasteiger partial charge in [0.25, 0.3) is 5.56 Å². The average Bonchev–Trinajstić information content (AvgIpc) is 3.02. The molecule has 0 bridgehead atoms. The molecule has 1 atom stereocenters. The molecule has 0 spiro atoms. The van der Waals surface area contributed by atoms with Crippen LogP contribution in [0.2, 0.25) is 0 Å². The fourth-order valence-corrected chi connectivity index (χ4v) is 6.80. The van der Waals surface area contributed by atoms with Gasteiger partial charge in [-0.2, -0.15) is 0 Å². The third-order valence-electron chi connectivity index (χ3n) is 5.12. The Balaban J connectivity index is 1.79. The Bertz CT molecular complexity index is 1200. The van der Waals surface area contributed by atoms with Gasteiger partial charge in [-0.15, -0.1) is 11.3 Å². The molecule has 2 N–H and O–H groups in total. The number of thiophene rings is 1. The summed E-state index contributed by atoms with van der Waals surface area (Å²) in [6.07, 6.45) is 3.42. The van der Waals surface area contributed by atoms with E-state index in [-0.39, 0.29) is 11.3 Å². The molecule has 154 valence electrons. The van der Waals surface area contributed by atoms with Gasteiger partial charge in [-0.3, -0.25) is 9.36 Å². The summed E-state index contributed by atoms with van der Waals surface area (Å²) in [7, 11) is -3.49. The highest BCUT2D eigenvalue weighted by molar-refractivity contribution is 7.99. The Morgan fingerprint density at radius 2 is 2.07 bits per heavy atom. The van der Waals surface area contributed by atoms with Crippen molar-refractivity contribution in [2.75, 3.05) is 11.5 Å². The molecule has 29 heavy (non-hydrogen) atoms. The van der Waals surface area contributed by atoms with Crippen LogP contribution in [-0.2, 0) is 22.9 Å². The van der Waals surface area contributed by atoms with E-state index in [1.54, 1.807) is 15.9 Å². The van der Waals surface area contributed by atoms with Crippen molar-refractivity contribution in [3.05, 3.63) is 51.1 Å². The predicted molar refractivity (Wildman–Crippen MR) is 120 cm³/mol. The first-order chi connectivity index (χ1) is 13.8. The van der Waals surface area contributed by atoms with Gasteiger partial charge in [0.15, 0.2) is 5.16 Å². The van der Waals surface area contributed by atoms with Crippen LogP contribution >= 0.6 is 23.1 Å². The normalized spacial score (nSPS) is 16.8. The molecule has 9 heteroatoms. The molecule has 0 saturated heterocycles. The summed E-state index contributed by atoms with van der Waals surface area (Å²) >= 11 is 3.02. The molecule has 2 aromatic heterocycles. The van der Waals surface area contributed by atoms with Crippen molar-refractivity contribution in [1.29, 1.82) is 0 Å². The summed E-state index contributed by atoms with van der Waals surface area (Å²) in [6.45, 7) is 2.25. The molecular formula is C20H23N3O3S3. The van der Waals surface area contributed by atoms with E-state index in [1.165, 1.54) is 16.6 Å². The lowest BCUT2D eigenvalue weighted by Gasteiger charge is -2.17. The van der Waals surface area contributed by atoms with Crippen LogP contribution in [0.1, 0.15) is 30.2 Å². The van der Waals surface area contributed by atoms with Crippen LogP contribution in [0.5, 0.6) is 0 Å². The van der Waals surface area contributed by atoms with E-state index in [1.807, 2.05) is 30.3 Å². The summed E-state index contributed by atoms with van der Waals surface area (Å²) in [6, 6.07) is 9.49. The Morgan fingerprint density at radius 3 is 2.79 bits per heavy atom. The number of aromatic nitrogens is 2. The lowest BCUT2D eigenvalue weighted by molar-refractivity contribution is 0.509. The third kappa shape index (κ3) is 4.42. The molecule has 1 aliphatic carbocycles. The Hall–Kier alpha value is -1.68. The minimum Gasteiger partial charge on any atom is -0.268 e. The van der Waals surface area contributed by atoms with Gasteiger partial charge in [-0.1, -0.05) is 36.9 Å². The molecule has 1 unspecified atom stereocenters. The van der Waals surface area contributed by atoms with Crippen molar-refractivity contribution in [2.45, 2.75) is 37.8 Å². The maximum absolute atomic E-state index is 13.6. The van der Waals surface area contributed by atoms with Crippen molar-refractivity contribution in [3.63, 3.8) is 0 Å². The molecular weight excluding hydrogens is 426 g/mol. The van der Waals surface area contributed by atoms with Gasteiger partial charge in [-0.25, -0.2) is 18.5 Å². The number of primary sulfonamides is 1. The minimum atomic E-state index is -3.49. The summed E-state index contributed by atoms with van der Waals surface area (Å²) in [5.41, 5.74) is 1.89. The number of nitrogens with two attached hydrogens (primary N) is 1. The summed E-state index contributed by atoms with van der Waals surface area (Å²) in [5, 5.41) is 6.43. The predicted octanol–water partition coefficient (Wildman–Crippen LogP) is 3.34. The number of thioether (sulfide) groups is 1. The zero-order chi connectivity index (χ0) is 20.6. The van der Waals surface area contributed by atoms with Gasteiger partial charge in [-0.05, 0) is 49.3 Å². The summed E-state index contributed by atoms with van der Waals surface area (Å²) < 4.78 is 24.1. The number of rotatable bonds is 6. The van der Waals surface area contributed by atoms with Crippen LogP contribution in [0.3, 0.4) is 0 Å². The van der Waals surface area contributed by atoms with Crippen LogP contribution in [0.4, 0.5) is 0 Å². The molecule has 2 heterocycles. The fraction of sp³-hybridized carbons (Fsp3) is 0.400. The van der Waals surface area contributed by atoms with E-state index in [4.69, 9.17) is 10.1 Å². The SMILES string of the molecule is CC1CCc2c(sc3nc(SCCCS(N)(=O)=O)n(-c4ccccc4)c(=O)c23)C1. The van der Waals surface area contributed by atoms with E-state index < -0.39 is 10.0 Å². The summed E-state index contributed by atoms with van der Waals surface area (Å²) in [4.78, 5) is 20.5. The zero-order valence-corrected chi connectivity index (χ0v) is 18.6.